The number of carbonyl (C=O) groups is 2. The van der Waals surface area contributed by atoms with Crippen LogP contribution in [0.2, 0.25) is 0 Å². The summed E-state index contributed by atoms with van der Waals surface area (Å²) < 4.78 is 37.5. The fourth-order valence-electron chi connectivity index (χ4n) is 2.35. The van der Waals surface area contributed by atoms with Crippen molar-refractivity contribution in [1.82, 2.24) is 4.90 Å². The van der Waals surface area contributed by atoms with Crippen molar-refractivity contribution >= 4 is 11.9 Å². The first-order valence-corrected chi connectivity index (χ1v) is 6.49. The number of alkyl halides is 3. The van der Waals surface area contributed by atoms with Crippen LogP contribution in [0, 0.1) is 11.8 Å². The van der Waals surface area contributed by atoms with E-state index in [1.54, 1.807) is 19.1 Å². The minimum absolute atomic E-state index is 0.0229. The van der Waals surface area contributed by atoms with Crippen molar-refractivity contribution in [1.29, 1.82) is 0 Å². The first-order chi connectivity index (χ1) is 9.26. The molecule has 0 aromatic rings. The molecule has 4 nitrogen and oxygen atoms in total. The number of aliphatic carboxylic acids is 1. The zero-order chi connectivity index (χ0) is 15.3. The van der Waals surface area contributed by atoms with E-state index in [4.69, 9.17) is 5.11 Å². The zero-order valence-corrected chi connectivity index (χ0v) is 11.2. The highest BCUT2D eigenvalue weighted by Gasteiger charge is 2.39. The van der Waals surface area contributed by atoms with Crippen LogP contribution < -0.4 is 0 Å². The molecule has 0 radical (unpaired) electrons. The van der Waals surface area contributed by atoms with Gasteiger partial charge >= 0.3 is 12.1 Å². The van der Waals surface area contributed by atoms with Crippen LogP contribution in [0.15, 0.2) is 12.2 Å². The molecule has 0 aromatic heterocycles. The third-order valence-electron chi connectivity index (χ3n) is 3.24. The summed E-state index contributed by atoms with van der Waals surface area (Å²) in [6.45, 7) is 0.323. The second-order valence-electron chi connectivity index (χ2n) is 4.87. The molecule has 0 heterocycles. The van der Waals surface area contributed by atoms with Gasteiger partial charge < -0.3 is 10.0 Å². The number of halogens is 3. The van der Waals surface area contributed by atoms with Gasteiger partial charge in [0.2, 0.25) is 5.91 Å². The molecule has 1 N–H and O–H groups in total. The Kier molecular flexibility index (Phi) is 5.59. The molecule has 0 saturated heterocycles. The van der Waals surface area contributed by atoms with E-state index >= 15 is 0 Å². The van der Waals surface area contributed by atoms with Gasteiger partial charge in [0.05, 0.1) is 11.8 Å². The van der Waals surface area contributed by atoms with Gasteiger partial charge in [-0.1, -0.05) is 19.1 Å². The molecular weight excluding hydrogens is 275 g/mol. The second kappa shape index (κ2) is 6.76. The van der Waals surface area contributed by atoms with Crippen LogP contribution >= 0.6 is 0 Å². The lowest BCUT2D eigenvalue weighted by atomic mass is 9.82. The fraction of sp³-hybridized carbons (Fsp3) is 0.692. The summed E-state index contributed by atoms with van der Waals surface area (Å²) in [5, 5.41) is 9.07. The Morgan fingerprint density at radius 1 is 1.25 bits per heavy atom. The van der Waals surface area contributed by atoms with Crippen LogP contribution in [0.5, 0.6) is 0 Å². The van der Waals surface area contributed by atoms with Gasteiger partial charge in [0, 0.05) is 6.54 Å². The maximum Gasteiger partial charge on any atom is 0.406 e. The Hall–Kier alpha value is -1.53. The van der Waals surface area contributed by atoms with Crippen molar-refractivity contribution in [3.05, 3.63) is 12.2 Å². The predicted octanol–water partition coefficient (Wildman–Crippen LogP) is 2.45. The van der Waals surface area contributed by atoms with Crippen molar-refractivity contribution in [2.45, 2.75) is 32.4 Å². The van der Waals surface area contributed by atoms with Crippen LogP contribution in [0.3, 0.4) is 0 Å². The van der Waals surface area contributed by atoms with Gasteiger partial charge in [-0.3, -0.25) is 9.59 Å². The number of hydrogen-bond donors (Lipinski definition) is 1. The Bertz CT molecular complexity index is 393. The molecule has 7 heteroatoms. The van der Waals surface area contributed by atoms with Gasteiger partial charge in [0.1, 0.15) is 6.54 Å². The summed E-state index contributed by atoms with van der Waals surface area (Å²) in [5.74, 6) is -3.72. The lowest BCUT2D eigenvalue weighted by Gasteiger charge is -2.31. The molecule has 0 aliphatic heterocycles. The predicted molar refractivity (Wildman–Crippen MR) is 65.9 cm³/mol. The van der Waals surface area contributed by atoms with Gasteiger partial charge in [-0.25, -0.2) is 0 Å². The third-order valence-corrected chi connectivity index (χ3v) is 3.24. The molecule has 114 valence electrons. The highest BCUT2D eigenvalue weighted by Crippen LogP contribution is 2.29. The first-order valence-electron chi connectivity index (χ1n) is 6.49. The van der Waals surface area contributed by atoms with E-state index in [0.29, 0.717) is 6.42 Å². The van der Waals surface area contributed by atoms with Gasteiger partial charge in [-0.05, 0) is 19.3 Å². The lowest BCUT2D eigenvalue weighted by molar-refractivity contribution is -0.166. The number of carbonyl (C=O) groups excluding carboxylic acids is 1. The van der Waals surface area contributed by atoms with Crippen molar-refractivity contribution in [2.75, 3.05) is 13.1 Å². The number of carboxylic acids is 1. The molecule has 0 bridgehead atoms. The number of hydrogen-bond acceptors (Lipinski definition) is 2. The monoisotopic (exact) mass is 293 g/mol. The zero-order valence-electron chi connectivity index (χ0n) is 11.2. The molecule has 2 atom stereocenters. The molecule has 0 fully saturated rings. The molecule has 1 aliphatic carbocycles. The topological polar surface area (TPSA) is 57.6 Å². The SMILES string of the molecule is CCCN(CC(F)(F)F)C(=O)[C@@H]1CC=CC[C@@H]1C(=O)O. The van der Waals surface area contributed by atoms with Crippen molar-refractivity contribution in [3.63, 3.8) is 0 Å². The van der Waals surface area contributed by atoms with Crippen molar-refractivity contribution < 1.29 is 27.9 Å². The van der Waals surface area contributed by atoms with Gasteiger partial charge in [-0.15, -0.1) is 0 Å². The van der Waals surface area contributed by atoms with Crippen LogP contribution in [-0.4, -0.2) is 41.1 Å². The molecule has 0 spiro atoms. The lowest BCUT2D eigenvalue weighted by Crippen LogP contribution is -2.45. The molecule has 20 heavy (non-hydrogen) atoms. The molecule has 0 unspecified atom stereocenters. The minimum atomic E-state index is -4.48. The number of allylic oxidation sites excluding steroid dienone is 2. The molecule has 1 aliphatic rings. The van der Waals surface area contributed by atoms with Crippen LogP contribution in [0.1, 0.15) is 26.2 Å². The second-order valence-corrected chi connectivity index (χ2v) is 4.87. The van der Waals surface area contributed by atoms with Gasteiger partial charge in [0.25, 0.3) is 0 Å². The Balaban J connectivity index is 2.87. The molecule has 0 saturated carbocycles. The number of nitrogens with zero attached hydrogens (tertiary/aromatic N) is 1. The normalized spacial score (nSPS) is 22.6. The van der Waals surface area contributed by atoms with E-state index in [9.17, 15) is 22.8 Å². The summed E-state index contributed by atoms with van der Waals surface area (Å²) >= 11 is 0. The van der Waals surface area contributed by atoms with Crippen LogP contribution in [0.4, 0.5) is 13.2 Å². The number of carboxylic acid groups (broad SMARTS) is 1. The number of rotatable bonds is 5. The smallest absolute Gasteiger partial charge is 0.406 e. The summed E-state index contributed by atoms with van der Waals surface area (Å²) in [5.41, 5.74) is 0. The summed E-state index contributed by atoms with van der Waals surface area (Å²) in [7, 11) is 0. The van der Waals surface area contributed by atoms with Gasteiger partial charge in [-0.2, -0.15) is 13.2 Å². The van der Waals surface area contributed by atoms with E-state index in [1.807, 2.05) is 0 Å². The maximum atomic E-state index is 12.5. The quantitative estimate of drug-likeness (QED) is 0.792. The summed E-state index contributed by atoms with van der Waals surface area (Å²) in [6, 6.07) is 0. The highest BCUT2D eigenvalue weighted by atomic mass is 19.4. The standard InChI is InChI=1S/C13H18F3NO3/c1-2-7-17(8-13(14,15)16)11(18)9-5-3-4-6-10(9)12(19)20/h3-4,9-10H,2,5-8H2,1H3,(H,19,20)/t9-,10+/m1/s1. The Morgan fingerprint density at radius 3 is 2.25 bits per heavy atom. The van der Waals surface area contributed by atoms with Crippen LogP contribution in [-0.2, 0) is 9.59 Å². The average Bonchev–Trinajstić information content (AvgIpc) is 2.36. The fourth-order valence-corrected chi connectivity index (χ4v) is 2.35. The molecule has 0 aromatic carbocycles. The number of amides is 1. The maximum absolute atomic E-state index is 12.5. The van der Waals surface area contributed by atoms with E-state index in [0.717, 1.165) is 4.90 Å². The van der Waals surface area contributed by atoms with Crippen LogP contribution in [0.25, 0.3) is 0 Å². The van der Waals surface area contributed by atoms with Gasteiger partial charge in [0.15, 0.2) is 0 Å². The minimum Gasteiger partial charge on any atom is -0.481 e. The van der Waals surface area contributed by atoms with Crippen molar-refractivity contribution in [2.24, 2.45) is 11.8 Å². The van der Waals surface area contributed by atoms with E-state index in [-0.39, 0.29) is 19.4 Å². The highest BCUT2D eigenvalue weighted by molar-refractivity contribution is 5.85. The third kappa shape index (κ3) is 4.54. The molecule has 1 amide bonds. The Labute approximate surface area is 115 Å². The Morgan fingerprint density at radius 2 is 1.80 bits per heavy atom. The largest absolute Gasteiger partial charge is 0.481 e. The van der Waals surface area contributed by atoms with E-state index in [2.05, 4.69) is 0 Å². The van der Waals surface area contributed by atoms with E-state index < -0.39 is 36.4 Å². The average molecular weight is 293 g/mol. The molecular formula is C13H18F3NO3. The van der Waals surface area contributed by atoms with E-state index in [1.165, 1.54) is 0 Å². The molecule has 1 rings (SSSR count). The summed E-state index contributed by atoms with van der Waals surface area (Å²) in [4.78, 5) is 24.0. The van der Waals surface area contributed by atoms with Crippen molar-refractivity contribution in [3.8, 4) is 0 Å². The first kappa shape index (κ1) is 16.5. The summed E-state index contributed by atoms with van der Waals surface area (Å²) in [6.07, 6.45) is -0.433.